The number of aryl methyl sites for hydroxylation is 1. The Morgan fingerprint density at radius 2 is 1.91 bits per heavy atom. The highest BCUT2D eigenvalue weighted by molar-refractivity contribution is 5.79. The summed E-state index contributed by atoms with van der Waals surface area (Å²) in [4.78, 5) is 11.8. The molecule has 2 aromatic rings. The van der Waals surface area contributed by atoms with E-state index in [0.717, 1.165) is 6.54 Å². The lowest BCUT2D eigenvalue weighted by Gasteiger charge is -2.14. The number of carbonyl (C=O) groups excluding carboxylic acids is 1. The molecule has 4 nitrogen and oxygen atoms in total. The zero-order valence-corrected chi connectivity index (χ0v) is 13.6. The number of rotatable bonds is 5. The smallest absolute Gasteiger partial charge is 0.408 e. The van der Waals surface area contributed by atoms with Crippen molar-refractivity contribution < 1.29 is 9.53 Å². The first-order valence-electron chi connectivity index (χ1n) is 8.02. The van der Waals surface area contributed by atoms with Crippen LogP contribution < -0.4 is 10.6 Å². The third kappa shape index (κ3) is 3.22. The van der Waals surface area contributed by atoms with Crippen LogP contribution in [0.3, 0.4) is 0 Å². The molecule has 2 N–H and O–H groups in total. The number of benzene rings is 2. The van der Waals surface area contributed by atoms with Crippen LogP contribution in [0.4, 0.5) is 4.79 Å². The Bertz CT molecular complexity index is 712. The SMILES string of the molecule is CCNCNC(=O)OCC1c2ccccc2-c2cc(C)ccc21. The molecule has 0 bridgehead atoms. The largest absolute Gasteiger partial charge is 0.449 e. The molecule has 0 spiro atoms. The number of nitrogens with one attached hydrogen (secondary N) is 2. The van der Waals surface area contributed by atoms with Gasteiger partial charge < -0.3 is 15.4 Å². The molecule has 0 saturated carbocycles. The fraction of sp³-hybridized carbons (Fsp3) is 0.316. The van der Waals surface area contributed by atoms with E-state index in [0.29, 0.717) is 13.3 Å². The van der Waals surface area contributed by atoms with Crippen LogP contribution >= 0.6 is 0 Å². The zero-order chi connectivity index (χ0) is 16.2. The second kappa shape index (κ2) is 6.84. The Morgan fingerprint density at radius 3 is 2.74 bits per heavy atom. The first-order valence-corrected chi connectivity index (χ1v) is 8.02. The molecule has 0 saturated heterocycles. The number of amides is 1. The molecule has 2 aromatic carbocycles. The molecule has 0 aliphatic heterocycles. The van der Waals surface area contributed by atoms with E-state index in [2.05, 4.69) is 54.0 Å². The highest BCUT2D eigenvalue weighted by atomic mass is 16.5. The summed E-state index contributed by atoms with van der Waals surface area (Å²) in [7, 11) is 0. The van der Waals surface area contributed by atoms with Crippen LogP contribution in [-0.2, 0) is 4.74 Å². The van der Waals surface area contributed by atoms with Crippen LogP contribution in [0.15, 0.2) is 42.5 Å². The lowest BCUT2D eigenvalue weighted by molar-refractivity contribution is 0.142. The van der Waals surface area contributed by atoms with Crippen LogP contribution in [0, 0.1) is 6.92 Å². The van der Waals surface area contributed by atoms with Crippen LogP contribution in [0.1, 0.15) is 29.5 Å². The van der Waals surface area contributed by atoms with Crippen molar-refractivity contribution in [3.63, 3.8) is 0 Å². The monoisotopic (exact) mass is 310 g/mol. The fourth-order valence-electron chi connectivity index (χ4n) is 3.07. The summed E-state index contributed by atoms with van der Waals surface area (Å²) in [5, 5.41) is 5.72. The van der Waals surface area contributed by atoms with Gasteiger partial charge in [0, 0.05) is 5.92 Å². The van der Waals surface area contributed by atoms with Gasteiger partial charge in [-0.3, -0.25) is 0 Å². The molecule has 1 aliphatic carbocycles. The predicted molar refractivity (Wildman–Crippen MR) is 91.5 cm³/mol. The van der Waals surface area contributed by atoms with Crippen molar-refractivity contribution in [2.24, 2.45) is 0 Å². The second-order valence-corrected chi connectivity index (χ2v) is 5.79. The lowest BCUT2D eigenvalue weighted by Crippen LogP contribution is -2.34. The van der Waals surface area contributed by atoms with Crippen molar-refractivity contribution in [1.29, 1.82) is 0 Å². The molecule has 1 atom stereocenters. The third-order valence-corrected chi connectivity index (χ3v) is 4.20. The van der Waals surface area contributed by atoms with Crippen LogP contribution in [0.5, 0.6) is 0 Å². The zero-order valence-electron chi connectivity index (χ0n) is 13.6. The molecule has 0 fully saturated rings. The van der Waals surface area contributed by atoms with Crippen molar-refractivity contribution in [3.05, 3.63) is 59.2 Å². The second-order valence-electron chi connectivity index (χ2n) is 5.79. The van der Waals surface area contributed by atoms with Gasteiger partial charge in [0.1, 0.15) is 6.61 Å². The summed E-state index contributed by atoms with van der Waals surface area (Å²) in [6, 6.07) is 14.8. The molecule has 3 rings (SSSR count). The lowest BCUT2D eigenvalue weighted by atomic mass is 9.97. The quantitative estimate of drug-likeness (QED) is 0.657. The minimum absolute atomic E-state index is 0.103. The first-order chi connectivity index (χ1) is 11.2. The van der Waals surface area contributed by atoms with E-state index in [4.69, 9.17) is 4.74 Å². The van der Waals surface area contributed by atoms with Crippen molar-refractivity contribution in [3.8, 4) is 11.1 Å². The Kier molecular flexibility index (Phi) is 4.63. The number of hydrogen-bond acceptors (Lipinski definition) is 3. The summed E-state index contributed by atoms with van der Waals surface area (Å²) in [5.41, 5.74) is 6.20. The van der Waals surface area contributed by atoms with Gasteiger partial charge in [-0.1, -0.05) is 55.0 Å². The molecular weight excluding hydrogens is 288 g/mol. The van der Waals surface area contributed by atoms with Crippen molar-refractivity contribution in [2.75, 3.05) is 19.8 Å². The maximum Gasteiger partial charge on any atom is 0.408 e. The minimum atomic E-state index is -0.385. The minimum Gasteiger partial charge on any atom is -0.449 e. The normalized spacial score (nSPS) is 15.0. The number of carbonyl (C=O) groups is 1. The molecule has 1 amide bonds. The van der Waals surface area contributed by atoms with Gasteiger partial charge in [-0.15, -0.1) is 0 Å². The average molecular weight is 310 g/mol. The van der Waals surface area contributed by atoms with Gasteiger partial charge in [-0.05, 0) is 35.7 Å². The van der Waals surface area contributed by atoms with Gasteiger partial charge in [0.25, 0.3) is 0 Å². The van der Waals surface area contributed by atoms with Crippen LogP contribution in [0.25, 0.3) is 11.1 Å². The molecule has 0 radical (unpaired) electrons. The third-order valence-electron chi connectivity index (χ3n) is 4.20. The standard InChI is InChI=1S/C19H22N2O2/c1-3-20-12-21-19(22)23-11-18-15-7-5-4-6-14(15)17-10-13(2)8-9-16(17)18/h4-10,18,20H,3,11-12H2,1-2H3,(H,21,22). The van der Waals surface area contributed by atoms with Gasteiger partial charge in [-0.2, -0.15) is 0 Å². The number of fused-ring (bicyclic) bond motifs is 3. The summed E-state index contributed by atoms with van der Waals surface area (Å²) in [5.74, 6) is 0.103. The van der Waals surface area contributed by atoms with Crippen LogP contribution in [0.2, 0.25) is 0 Å². The van der Waals surface area contributed by atoms with E-state index < -0.39 is 0 Å². The van der Waals surface area contributed by atoms with Crippen LogP contribution in [-0.4, -0.2) is 25.9 Å². The van der Waals surface area contributed by atoms with Crippen molar-refractivity contribution in [2.45, 2.75) is 19.8 Å². The molecule has 0 aromatic heterocycles. The predicted octanol–water partition coefficient (Wildman–Crippen LogP) is 3.40. The van der Waals surface area contributed by atoms with Crippen molar-refractivity contribution >= 4 is 6.09 Å². The first kappa shape index (κ1) is 15.6. The van der Waals surface area contributed by atoms with Gasteiger partial charge in [0.2, 0.25) is 0 Å². The Labute approximate surface area is 136 Å². The summed E-state index contributed by atoms with van der Waals surface area (Å²) in [6.45, 7) is 5.67. The molecule has 1 unspecified atom stereocenters. The average Bonchev–Trinajstić information content (AvgIpc) is 2.86. The van der Waals surface area contributed by atoms with E-state index in [1.54, 1.807) is 0 Å². The van der Waals surface area contributed by atoms with E-state index in [1.165, 1.54) is 27.8 Å². The van der Waals surface area contributed by atoms with E-state index in [1.807, 2.05) is 13.0 Å². The van der Waals surface area contributed by atoms with E-state index in [-0.39, 0.29) is 12.0 Å². The molecule has 23 heavy (non-hydrogen) atoms. The summed E-state index contributed by atoms with van der Waals surface area (Å²) >= 11 is 0. The Balaban J connectivity index is 1.76. The Morgan fingerprint density at radius 1 is 1.13 bits per heavy atom. The maximum atomic E-state index is 11.8. The maximum absolute atomic E-state index is 11.8. The van der Waals surface area contributed by atoms with Gasteiger partial charge in [0.05, 0.1) is 6.67 Å². The fourth-order valence-corrected chi connectivity index (χ4v) is 3.07. The number of hydrogen-bond donors (Lipinski definition) is 2. The van der Waals surface area contributed by atoms with Gasteiger partial charge in [0.15, 0.2) is 0 Å². The topological polar surface area (TPSA) is 50.4 Å². The molecule has 0 heterocycles. The molecular formula is C19H22N2O2. The summed E-state index contributed by atoms with van der Waals surface area (Å²) < 4.78 is 5.43. The number of ether oxygens (including phenoxy) is 1. The number of alkyl carbamates (subject to hydrolysis) is 1. The van der Waals surface area contributed by atoms with E-state index in [9.17, 15) is 4.79 Å². The highest BCUT2D eigenvalue weighted by Crippen LogP contribution is 2.44. The highest BCUT2D eigenvalue weighted by Gasteiger charge is 2.29. The molecule has 120 valence electrons. The van der Waals surface area contributed by atoms with E-state index >= 15 is 0 Å². The van der Waals surface area contributed by atoms with Crippen molar-refractivity contribution in [1.82, 2.24) is 10.6 Å². The Hall–Kier alpha value is -2.33. The molecule has 1 aliphatic rings. The summed E-state index contributed by atoms with van der Waals surface area (Å²) in [6.07, 6.45) is -0.385. The van der Waals surface area contributed by atoms with Gasteiger partial charge in [-0.25, -0.2) is 4.79 Å². The van der Waals surface area contributed by atoms with Gasteiger partial charge >= 0.3 is 6.09 Å². The molecule has 4 heteroatoms.